The maximum atomic E-state index is 12.2. The number of carbonyl (C=O) groups is 2. The fourth-order valence-corrected chi connectivity index (χ4v) is 3.29. The predicted molar refractivity (Wildman–Crippen MR) is 83.6 cm³/mol. The second-order valence-corrected chi connectivity index (χ2v) is 6.23. The fraction of sp³-hybridized carbons (Fsp3) is 0.154. The maximum absolute atomic E-state index is 12.2. The smallest absolute Gasteiger partial charge is 0.326 e. The Kier molecular flexibility index (Phi) is 4.47. The monoisotopic (exact) mass is 327 g/mol. The van der Waals surface area contributed by atoms with Gasteiger partial charge in [0.1, 0.15) is 10.4 Å². The zero-order valence-electron chi connectivity index (χ0n) is 10.4. The fourth-order valence-electron chi connectivity index (χ4n) is 1.67. The molecule has 0 aromatic heterocycles. The van der Waals surface area contributed by atoms with E-state index in [0.29, 0.717) is 9.93 Å². The second-order valence-electron chi connectivity index (χ2n) is 4.12. The van der Waals surface area contributed by atoms with Crippen LogP contribution in [0.1, 0.15) is 12.5 Å². The zero-order valence-corrected chi connectivity index (χ0v) is 12.8. The molecular weight excluding hydrogens is 318 g/mol. The summed E-state index contributed by atoms with van der Waals surface area (Å²) in [5.74, 6) is -1.49. The van der Waals surface area contributed by atoms with Crippen LogP contribution >= 0.6 is 35.6 Å². The molecule has 7 heteroatoms. The van der Waals surface area contributed by atoms with Crippen molar-refractivity contribution in [2.75, 3.05) is 0 Å². The quantitative estimate of drug-likeness (QED) is 0.683. The molecule has 1 heterocycles. The number of carbonyl (C=O) groups excluding carboxylic acids is 1. The molecule has 1 aromatic carbocycles. The van der Waals surface area contributed by atoms with E-state index in [1.54, 1.807) is 30.3 Å². The van der Waals surface area contributed by atoms with Crippen molar-refractivity contribution in [2.45, 2.75) is 13.0 Å². The van der Waals surface area contributed by atoms with Gasteiger partial charge in [-0.1, -0.05) is 47.7 Å². The average Bonchev–Trinajstić information content (AvgIpc) is 2.63. The van der Waals surface area contributed by atoms with Gasteiger partial charge in [0.2, 0.25) is 0 Å². The Balaban J connectivity index is 2.30. The standard InChI is InChI=1S/C13H10ClNO3S2/c1-7(12(17)18)15-11(16)10(20-13(15)19)6-8-3-2-4-9(14)5-8/h2-7H,1H3,(H,17,18). The summed E-state index contributed by atoms with van der Waals surface area (Å²) in [5, 5.41) is 9.55. The van der Waals surface area contributed by atoms with Gasteiger partial charge in [0.05, 0.1) is 4.91 Å². The molecule has 0 aliphatic carbocycles. The van der Waals surface area contributed by atoms with Gasteiger partial charge in [-0.3, -0.25) is 9.69 Å². The molecule has 1 amide bonds. The van der Waals surface area contributed by atoms with Gasteiger partial charge < -0.3 is 5.11 Å². The number of thiocarbonyl (C=S) groups is 1. The summed E-state index contributed by atoms with van der Waals surface area (Å²) >= 11 is 12.0. The molecule has 1 aliphatic rings. The van der Waals surface area contributed by atoms with Crippen molar-refractivity contribution in [1.29, 1.82) is 0 Å². The molecule has 1 saturated heterocycles. The first kappa shape index (κ1) is 15.0. The first-order valence-electron chi connectivity index (χ1n) is 5.65. The van der Waals surface area contributed by atoms with Crippen molar-refractivity contribution < 1.29 is 14.7 Å². The molecule has 0 saturated carbocycles. The number of carboxylic acids is 1. The summed E-state index contributed by atoms with van der Waals surface area (Å²) in [4.78, 5) is 24.7. The Labute approximate surface area is 130 Å². The van der Waals surface area contributed by atoms with Crippen LogP contribution in [0.25, 0.3) is 6.08 Å². The molecule has 1 atom stereocenters. The van der Waals surface area contributed by atoms with E-state index in [0.717, 1.165) is 22.2 Å². The third-order valence-electron chi connectivity index (χ3n) is 2.71. The van der Waals surface area contributed by atoms with Crippen molar-refractivity contribution in [3.05, 3.63) is 39.8 Å². The average molecular weight is 328 g/mol. The number of rotatable bonds is 3. The molecule has 20 heavy (non-hydrogen) atoms. The number of carboxylic acid groups (broad SMARTS) is 1. The number of hydrogen-bond acceptors (Lipinski definition) is 4. The van der Waals surface area contributed by atoms with E-state index in [1.165, 1.54) is 6.92 Å². The van der Waals surface area contributed by atoms with Crippen LogP contribution in [-0.4, -0.2) is 32.2 Å². The van der Waals surface area contributed by atoms with Crippen molar-refractivity contribution in [3.63, 3.8) is 0 Å². The Morgan fingerprint density at radius 2 is 2.25 bits per heavy atom. The second kappa shape index (κ2) is 5.95. The molecular formula is C13H10ClNO3S2. The van der Waals surface area contributed by atoms with Crippen molar-refractivity contribution >= 4 is 57.9 Å². The summed E-state index contributed by atoms with van der Waals surface area (Å²) in [5.41, 5.74) is 0.765. The van der Waals surface area contributed by atoms with E-state index in [2.05, 4.69) is 0 Å². The summed E-state index contributed by atoms with van der Waals surface area (Å²) in [6.45, 7) is 1.43. The summed E-state index contributed by atoms with van der Waals surface area (Å²) in [6, 6.07) is 6.05. The lowest BCUT2D eigenvalue weighted by molar-refractivity contribution is -0.144. The van der Waals surface area contributed by atoms with Crippen LogP contribution in [-0.2, 0) is 9.59 Å². The minimum absolute atomic E-state index is 0.248. The van der Waals surface area contributed by atoms with Gasteiger partial charge in [0.15, 0.2) is 0 Å². The molecule has 104 valence electrons. The van der Waals surface area contributed by atoms with Crippen LogP contribution in [0.3, 0.4) is 0 Å². The number of hydrogen-bond donors (Lipinski definition) is 1. The molecule has 1 aliphatic heterocycles. The lowest BCUT2D eigenvalue weighted by atomic mass is 10.2. The highest BCUT2D eigenvalue weighted by atomic mass is 35.5. The molecule has 1 unspecified atom stereocenters. The molecule has 0 radical (unpaired) electrons. The van der Waals surface area contributed by atoms with Gasteiger partial charge in [-0.25, -0.2) is 4.79 Å². The lowest BCUT2D eigenvalue weighted by Gasteiger charge is -2.18. The maximum Gasteiger partial charge on any atom is 0.326 e. The van der Waals surface area contributed by atoms with E-state index < -0.39 is 17.9 Å². The van der Waals surface area contributed by atoms with Gasteiger partial charge in [0, 0.05) is 5.02 Å². The van der Waals surface area contributed by atoms with Crippen LogP contribution in [0.4, 0.5) is 0 Å². The molecule has 1 aromatic rings. The van der Waals surface area contributed by atoms with E-state index in [9.17, 15) is 9.59 Å². The van der Waals surface area contributed by atoms with Gasteiger partial charge in [-0.05, 0) is 30.7 Å². The van der Waals surface area contributed by atoms with E-state index in [-0.39, 0.29) is 4.32 Å². The normalized spacial score (nSPS) is 18.7. The van der Waals surface area contributed by atoms with E-state index in [1.807, 2.05) is 0 Å². The first-order valence-corrected chi connectivity index (χ1v) is 7.26. The highest BCUT2D eigenvalue weighted by molar-refractivity contribution is 8.26. The van der Waals surface area contributed by atoms with Gasteiger partial charge in [0.25, 0.3) is 5.91 Å². The topological polar surface area (TPSA) is 57.6 Å². The summed E-state index contributed by atoms with van der Waals surface area (Å²) in [6.07, 6.45) is 1.65. The Hall–Kier alpha value is -1.37. The third-order valence-corrected chi connectivity index (χ3v) is 4.28. The van der Waals surface area contributed by atoms with Crippen molar-refractivity contribution in [1.82, 2.24) is 4.90 Å². The Bertz CT molecular complexity index is 630. The number of thioether (sulfide) groups is 1. The lowest BCUT2D eigenvalue weighted by Crippen LogP contribution is -2.41. The van der Waals surface area contributed by atoms with E-state index >= 15 is 0 Å². The number of halogens is 1. The highest BCUT2D eigenvalue weighted by Gasteiger charge is 2.38. The van der Waals surface area contributed by atoms with Crippen LogP contribution < -0.4 is 0 Å². The van der Waals surface area contributed by atoms with Crippen LogP contribution in [0.15, 0.2) is 29.2 Å². The van der Waals surface area contributed by atoms with E-state index in [4.69, 9.17) is 28.9 Å². The van der Waals surface area contributed by atoms with Gasteiger partial charge in [-0.15, -0.1) is 0 Å². The van der Waals surface area contributed by atoms with Gasteiger partial charge >= 0.3 is 5.97 Å². The van der Waals surface area contributed by atoms with Crippen LogP contribution in [0.2, 0.25) is 5.02 Å². The molecule has 0 spiro atoms. The Morgan fingerprint density at radius 3 is 2.85 bits per heavy atom. The van der Waals surface area contributed by atoms with Crippen LogP contribution in [0, 0.1) is 0 Å². The number of aliphatic carboxylic acids is 1. The minimum Gasteiger partial charge on any atom is -0.480 e. The first-order chi connectivity index (χ1) is 9.40. The number of nitrogens with zero attached hydrogens (tertiary/aromatic N) is 1. The molecule has 0 bridgehead atoms. The Morgan fingerprint density at radius 1 is 1.55 bits per heavy atom. The predicted octanol–water partition coefficient (Wildman–Crippen LogP) is 3.01. The molecule has 2 rings (SSSR count). The van der Waals surface area contributed by atoms with Crippen molar-refractivity contribution in [2.24, 2.45) is 0 Å². The number of benzene rings is 1. The van der Waals surface area contributed by atoms with Crippen molar-refractivity contribution in [3.8, 4) is 0 Å². The third kappa shape index (κ3) is 3.03. The molecule has 1 N–H and O–H groups in total. The SMILES string of the molecule is CC(C(=O)O)N1C(=O)C(=Cc2cccc(Cl)c2)SC1=S. The molecule has 4 nitrogen and oxygen atoms in total. The van der Waals surface area contributed by atoms with Gasteiger partial charge in [-0.2, -0.15) is 0 Å². The molecule has 1 fully saturated rings. The largest absolute Gasteiger partial charge is 0.480 e. The minimum atomic E-state index is -1.09. The van der Waals surface area contributed by atoms with Crippen LogP contribution in [0.5, 0.6) is 0 Å². The summed E-state index contributed by atoms with van der Waals surface area (Å²) in [7, 11) is 0. The zero-order chi connectivity index (χ0) is 14.9. The summed E-state index contributed by atoms with van der Waals surface area (Å²) < 4.78 is 0.248. The number of amides is 1. The highest BCUT2D eigenvalue weighted by Crippen LogP contribution is 2.34.